The molecule has 2 aromatic carbocycles. The highest BCUT2D eigenvalue weighted by Gasteiger charge is 2.23. The fraction of sp³-hybridized carbons (Fsp3) is 0.269. The molecule has 2 heterocycles. The van der Waals surface area contributed by atoms with Crippen LogP contribution in [0.1, 0.15) is 40.8 Å². The van der Waals surface area contributed by atoms with Gasteiger partial charge in [-0.05, 0) is 65.6 Å². The normalized spacial score (nSPS) is 17.0. The van der Waals surface area contributed by atoms with Crippen molar-refractivity contribution >= 4 is 5.57 Å². The fourth-order valence-corrected chi connectivity index (χ4v) is 4.71. The number of piperidine rings is 1. The number of fused-ring (bicyclic) bond motifs is 2. The Kier molecular flexibility index (Phi) is 4.80. The van der Waals surface area contributed by atoms with Gasteiger partial charge >= 0.3 is 0 Å². The van der Waals surface area contributed by atoms with E-state index in [0.717, 1.165) is 45.3 Å². The van der Waals surface area contributed by atoms with Gasteiger partial charge in [-0.15, -0.1) is 0 Å². The monoisotopic (exact) mass is 366 g/mol. The standard InChI is InChI=1S/C26H26N2/c1-3-10-24-20(7-1)12-13-21-8-2-4-11-25(21)26(24)22-14-17-28(18-15-22)19-23-9-5-6-16-27-23/h1-11,16H,12-15,17-19H2. The Morgan fingerprint density at radius 3 is 1.89 bits per heavy atom. The summed E-state index contributed by atoms with van der Waals surface area (Å²) in [5.74, 6) is 0. The van der Waals surface area contributed by atoms with Crippen molar-refractivity contribution in [3.63, 3.8) is 0 Å². The van der Waals surface area contributed by atoms with E-state index >= 15 is 0 Å². The molecule has 0 atom stereocenters. The summed E-state index contributed by atoms with van der Waals surface area (Å²) in [6.45, 7) is 3.18. The zero-order chi connectivity index (χ0) is 18.8. The van der Waals surface area contributed by atoms with E-state index in [1.54, 1.807) is 5.57 Å². The molecule has 3 aromatic rings. The molecule has 0 unspecified atom stereocenters. The SMILES string of the molecule is c1ccc(CN2CCC(=C3c4ccccc4CCc4ccccc43)CC2)nc1. The molecule has 140 valence electrons. The lowest BCUT2D eigenvalue weighted by Gasteiger charge is -2.30. The van der Waals surface area contributed by atoms with E-state index < -0.39 is 0 Å². The van der Waals surface area contributed by atoms with E-state index in [0.29, 0.717) is 0 Å². The predicted octanol–water partition coefficient (Wildman–Crippen LogP) is 5.28. The number of aryl methyl sites for hydroxylation is 2. The maximum absolute atomic E-state index is 4.50. The first kappa shape index (κ1) is 17.4. The number of hydrogen-bond acceptors (Lipinski definition) is 2. The molecule has 5 rings (SSSR count). The first-order valence-electron chi connectivity index (χ1n) is 10.4. The van der Waals surface area contributed by atoms with Crippen LogP contribution in [0.25, 0.3) is 5.57 Å². The zero-order valence-electron chi connectivity index (χ0n) is 16.3. The second-order valence-electron chi connectivity index (χ2n) is 7.89. The Bertz CT molecular complexity index is 944. The molecule has 0 amide bonds. The number of hydrogen-bond donors (Lipinski definition) is 0. The van der Waals surface area contributed by atoms with Crippen LogP contribution in [0.15, 0.2) is 78.5 Å². The van der Waals surface area contributed by atoms with Crippen LogP contribution in [-0.4, -0.2) is 23.0 Å². The highest BCUT2D eigenvalue weighted by molar-refractivity contribution is 5.86. The Labute approximate surface area is 167 Å². The molecule has 0 saturated carbocycles. The number of likely N-dealkylation sites (tertiary alicyclic amines) is 1. The van der Waals surface area contributed by atoms with E-state index in [9.17, 15) is 0 Å². The minimum absolute atomic E-state index is 0.955. The molecule has 0 N–H and O–H groups in total. The summed E-state index contributed by atoms with van der Waals surface area (Å²) in [6, 6.07) is 24.3. The van der Waals surface area contributed by atoms with Crippen LogP contribution in [0.5, 0.6) is 0 Å². The molecule has 1 saturated heterocycles. The second-order valence-corrected chi connectivity index (χ2v) is 7.89. The van der Waals surface area contributed by atoms with Crippen molar-refractivity contribution in [2.75, 3.05) is 13.1 Å². The number of aromatic nitrogens is 1. The summed E-state index contributed by atoms with van der Waals surface area (Å²) in [4.78, 5) is 7.04. The molecule has 2 aliphatic rings. The van der Waals surface area contributed by atoms with Crippen molar-refractivity contribution in [1.82, 2.24) is 9.88 Å². The average molecular weight is 367 g/mol. The summed E-state index contributed by atoms with van der Waals surface area (Å²) in [5.41, 5.74) is 10.2. The van der Waals surface area contributed by atoms with Gasteiger partial charge in [0.15, 0.2) is 0 Å². The van der Waals surface area contributed by atoms with Crippen LogP contribution in [0, 0.1) is 0 Å². The molecule has 0 spiro atoms. The van der Waals surface area contributed by atoms with E-state index in [2.05, 4.69) is 70.5 Å². The summed E-state index contributed by atoms with van der Waals surface area (Å²) >= 11 is 0. The lowest BCUT2D eigenvalue weighted by atomic mass is 9.86. The Morgan fingerprint density at radius 1 is 0.679 bits per heavy atom. The van der Waals surface area contributed by atoms with Crippen molar-refractivity contribution in [3.05, 3.63) is 106 Å². The molecular formula is C26H26N2. The largest absolute Gasteiger partial charge is 0.297 e. The Hall–Kier alpha value is -2.71. The first-order valence-corrected chi connectivity index (χ1v) is 10.4. The van der Waals surface area contributed by atoms with Gasteiger partial charge < -0.3 is 0 Å². The lowest BCUT2D eigenvalue weighted by Crippen LogP contribution is -2.31. The van der Waals surface area contributed by atoms with Gasteiger partial charge in [0.25, 0.3) is 0 Å². The van der Waals surface area contributed by atoms with Crippen molar-refractivity contribution in [3.8, 4) is 0 Å². The third-order valence-electron chi connectivity index (χ3n) is 6.16. The maximum atomic E-state index is 4.50. The van der Waals surface area contributed by atoms with Gasteiger partial charge in [0.2, 0.25) is 0 Å². The highest BCUT2D eigenvalue weighted by atomic mass is 15.1. The first-order chi connectivity index (χ1) is 13.9. The van der Waals surface area contributed by atoms with Crippen LogP contribution < -0.4 is 0 Å². The van der Waals surface area contributed by atoms with Crippen LogP contribution in [0.2, 0.25) is 0 Å². The van der Waals surface area contributed by atoms with Gasteiger partial charge in [-0.3, -0.25) is 9.88 Å². The van der Waals surface area contributed by atoms with Crippen molar-refractivity contribution in [2.45, 2.75) is 32.2 Å². The summed E-state index contributed by atoms with van der Waals surface area (Å²) in [6.07, 6.45) is 6.45. The van der Waals surface area contributed by atoms with Crippen molar-refractivity contribution in [1.29, 1.82) is 0 Å². The topological polar surface area (TPSA) is 16.1 Å². The van der Waals surface area contributed by atoms with E-state index in [1.165, 1.54) is 33.5 Å². The number of benzene rings is 2. The molecule has 0 radical (unpaired) electrons. The van der Waals surface area contributed by atoms with Gasteiger partial charge in [0.1, 0.15) is 0 Å². The Balaban J connectivity index is 1.48. The van der Waals surface area contributed by atoms with Crippen molar-refractivity contribution < 1.29 is 0 Å². The third kappa shape index (κ3) is 3.41. The van der Waals surface area contributed by atoms with Crippen LogP contribution in [0.3, 0.4) is 0 Å². The van der Waals surface area contributed by atoms with Gasteiger partial charge in [-0.25, -0.2) is 0 Å². The zero-order valence-corrected chi connectivity index (χ0v) is 16.3. The third-order valence-corrected chi connectivity index (χ3v) is 6.16. The molecule has 1 aliphatic heterocycles. The summed E-state index contributed by atoms with van der Waals surface area (Å²) in [5, 5.41) is 0. The average Bonchev–Trinajstić information content (AvgIpc) is 2.92. The van der Waals surface area contributed by atoms with Gasteiger partial charge in [-0.1, -0.05) is 60.2 Å². The number of pyridine rings is 1. The molecule has 0 bridgehead atoms. The molecule has 2 heteroatoms. The second kappa shape index (κ2) is 7.73. The summed E-state index contributed by atoms with van der Waals surface area (Å²) in [7, 11) is 0. The minimum Gasteiger partial charge on any atom is -0.297 e. The molecule has 2 nitrogen and oxygen atoms in total. The minimum atomic E-state index is 0.955. The van der Waals surface area contributed by atoms with Gasteiger partial charge in [-0.2, -0.15) is 0 Å². The fourth-order valence-electron chi connectivity index (χ4n) is 4.71. The van der Waals surface area contributed by atoms with Crippen LogP contribution in [0.4, 0.5) is 0 Å². The quantitative estimate of drug-likeness (QED) is 0.613. The Morgan fingerprint density at radius 2 is 1.29 bits per heavy atom. The molecule has 1 fully saturated rings. The molecule has 28 heavy (non-hydrogen) atoms. The van der Waals surface area contributed by atoms with Gasteiger partial charge in [0, 0.05) is 25.8 Å². The van der Waals surface area contributed by atoms with E-state index in [1.807, 2.05) is 12.3 Å². The van der Waals surface area contributed by atoms with Crippen LogP contribution in [-0.2, 0) is 19.4 Å². The molecular weight excluding hydrogens is 340 g/mol. The van der Waals surface area contributed by atoms with Crippen LogP contribution >= 0.6 is 0 Å². The number of rotatable bonds is 2. The summed E-state index contributed by atoms with van der Waals surface area (Å²) < 4.78 is 0. The molecule has 1 aromatic heterocycles. The van der Waals surface area contributed by atoms with Gasteiger partial charge in [0.05, 0.1) is 5.69 Å². The van der Waals surface area contributed by atoms with Crippen molar-refractivity contribution in [2.24, 2.45) is 0 Å². The predicted molar refractivity (Wildman–Crippen MR) is 115 cm³/mol. The van der Waals surface area contributed by atoms with E-state index in [4.69, 9.17) is 0 Å². The smallest absolute Gasteiger partial charge is 0.0543 e. The molecule has 1 aliphatic carbocycles. The lowest BCUT2D eigenvalue weighted by molar-refractivity contribution is 0.246. The number of nitrogens with zero attached hydrogens (tertiary/aromatic N) is 2. The van der Waals surface area contributed by atoms with E-state index in [-0.39, 0.29) is 0 Å². The highest BCUT2D eigenvalue weighted by Crippen LogP contribution is 2.38. The maximum Gasteiger partial charge on any atom is 0.0543 e.